The minimum atomic E-state index is 0.257. The fraction of sp³-hybridized carbons (Fsp3) is 0.0667. The standard InChI is InChI=1S/C15H10BrN2O/c16-15-7-5-12(6-8-15)10-18-19-11-14-4-2-1-3-13(14)9-17/h1-8H,11H2. The average Bonchev–Trinajstić information content (AvgIpc) is 2.46. The number of nitrogens with zero attached hydrogens (tertiary/aromatic N) is 2. The van der Waals surface area contributed by atoms with E-state index in [0.717, 1.165) is 15.6 Å². The Morgan fingerprint density at radius 1 is 1.11 bits per heavy atom. The first-order valence-electron chi connectivity index (χ1n) is 5.61. The third-order valence-electron chi connectivity index (χ3n) is 2.44. The number of halogens is 1. The molecule has 0 N–H and O–H groups in total. The van der Waals surface area contributed by atoms with E-state index in [0.29, 0.717) is 5.56 Å². The smallest absolute Gasteiger partial charge is 0.143 e. The van der Waals surface area contributed by atoms with E-state index in [4.69, 9.17) is 10.1 Å². The van der Waals surface area contributed by atoms with Gasteiger partial charge in [0.05, 0.1) is 11.6 Å². The molecule has 2 rings (SSSR count). The molecule has 0 aliphatic heterocycles. The topological polar surface area (TPSA) is 45.4 Å². The molecule has 1 radical (unpaired) electrons. The van der Waals surface area contributed by atoms with E-state index in [1.807, 2.05) is 42.5 Å². The van der Waals surface area contributed by atoms with E-state index >= 15 is 0 Å². The van der Waals surface area contributed by atoms with Gasteiger partial charge in [-0.2, -0.15) is 5.26 Å². The van der Waals surface area contributed by atoms with Crippen molar-refractivity contribution in [3.05, 3.63) is 69.7 Å². The van der Waals surface area contributed by atoms with Crippen LogP contribution in [0.15, 0.2) is 58.2 Å². The van der Waals surface area contributed by atoms with Crippen molar-refractivity contribution in [1.29, 1.82) is 5.26 Å². The predicted octanol–water partition coefficient (Wildman–Crippen LogP) is 3.75. The summed E-state index contributed by atoms with van der Waals surface area (Å²) in [5.74, 6) is 0. The van der Waals surface area contributed by atoms with Crippen molar-refractivity contribution in [2.45, 2.75) is 6.61 Å². The van der Waals surface area contributed by atoms with Gasteiger partial charge in [-0.3, -0.25) is 0 Å². The first kappa shape index (κ1) is 13.3. The maximum Gasteiger partial charge on any atom is 0.143 e. The third-order valence-corrected chi connectivity index (χ3v) is 2.97. The van der Waals surface area contributed by atoms with Crippen molar-refractivity contribution in [2.24, 2.45) is 5.16 Å². The molecular weight excluding hydrogens is 304 g/mol. The van der Waals surface area contributed by atoms with Gasteiger partial charge < -0.3 is 4.84 Å². The van der Waals surface area contributed by atoms with Crippen LogP contribution in [0.25, 0.3) is 0 Å². The highest BCUT2D eigenvalue weighted by molar-refractivity contribution is 9.10. The van der Waals surface area contributed by atoms with Crippen LogP contribution in [-0.2, 0) is 11.4 Å². The van der Waals surface area contributed by atoms with Crippen molar-refractivity contribution in [2.75, 3.05) is 0 Å². The first-order valence-corrected chi connectivity index (χ1v) is 6.40. The minimum Gasteiger partial charge on any atom is -0.390 e. The predicted molar refractivity (Wildman–Crippen MR) is 76.6 cm³/mol. The Hall–Kier alpha value is -2.12. The third kappa shape index (κ3) is 3.94. The van der Waals surface area contributed by atoms with Crippen LogP contribution in [0.1, 0.15) is 16.7 Å². The Balaban J connectivity index is 1.93. The Labute approximate surface area is 120 Å². The highest BCUT2D eigenvalue weighted by Crippen LogP contribution is 2.10. The van der Waals surface area contributed by atoms with Crippen LogP contribution >= 0.6 is 15.9 Å². The molecule has 2 aromatic rings. The van der Waals surface area contributed by atoms with Gasteiger partial charge in [0.2, 0.25) is 0 Å². The molecular formula is C15H10BrN2O. The molecule has 0 saturated carbocycles. The van der Waals surface area contributed by atoms with E-state index in [1.54, 1.807) is 6.07 Å². The number of rotatable bonds is 4. The zero-order chi connectivity index (χ0) is 13.5. The number of hydrogen-bond donors (Lipinski definition) is 0. The van der Waals surface area contributed by atoms with Gasteiger partial charge in [-0.15, -0.1) is 0 Å². The molecule has 0 aliphatic rings. The quantitative estimate of drug-likeness (QED) is 0.637. The summed E-state index contributed by atoms with van der Waals surface area (Å²) in [6.07, 6.45) is 2.78. The second kappa shape index (κ2) is 6.72. The van der Waals surface area contributed by atoms with Crippen LogP contribution in [0, 0.1) is 11.3 Å². The lowest BCUT2D eigenvalue weighted by molar-refractivity contribution is 0.132. The molecule has 0 amide bonds. The lowest BCUT2D eigenvalue weighted by Gasteiger charge is -2.01. The largest absolute Gasteiger partial charge is 0.390 e. The summed E-state index contributed by atoms with van der Waals surface area (Å²) in [6.45, 7) is 0.257. The number of benzene rings is 2. The van der Waals surface area contributed by atoms with E-state index in [9.17, 15) is 0 Å². The van der Waals surface area contributed by atoms with E-state index in [-0.39, 0.29) is 6.61 Å². The zero-order valence-corrected chi connectivity index (χ0v) is 11.6. The van der Waals surface area contributed by atoms with Crippen LogP contribution in [0.3, 0.4) is 0 Å². The SMILES string of the molecule is N#Cc1ccccc1CO/N=[C]\c1ccc(Br)cc1. The van der Waals surface area contributed by atoms with Gasteiger partial charge in [0.25, 0.3) is 0 Å². The molecule has 93 valence electrons. The van der Waals surface area contributed by atoms with Gasteiger partial charge in [-0.25, -0.2) is 0 Å². The number of nitriles is 1. The van der Waals surface area contributed by atoms with E-state index in [2.05, 4.69) is 33.4 Å². The molecule has 0 heterocycles. The zero-order valence-electron chi connectivity index (χ0n) is 10.0. The first-order chi connectivity index (χ1) is 9.29. The molecule has 0 unspecified atom stereocenters. The van der Waals surface area contributed by atoms with Gasteiger partial charge in [0, 0.05) is 15.6 Å². The Morgan fingerprint density at radius 3 is 2.58 bits per heavy atom. The minimum absolute atomic E-state index is 0.257. The molecule has 0 bridgehead atoms. The van der Waals surface area contributed by atoms with Crippen molar-refractivity contribution in [3.8, 4) is 6.07 Å². The monoisotopic (exact) mass is 313 g/mol. The molecule has 19 heavy (non-hydrogen) atoms. The van der Waals surface area contributed by atoms with Gasteiger partial charge in [-0.05, 0) is 18.2 Å². The van der Waals surface area contributed by atoms with Gasteiger partial charge in [-0.1, -0.05) is 51.4 Å². The molecule has 4 heteroatoms. The van der Waals surface area contributed by atoms with Crippen molar-refractivity contribution in [1.82, 2.24) is 0 Å². The van der Waals surface area contributed by atoms with Crippen molar-refractivity contribution in [3.63, 3.8) is 0 Å². The fourth-order valence-electron chi connectivity index (χ4n) is 1.47. The maximum atomic E-state index is 8.92. The second-order valence-electron chi connectivity index (χ2n) is 3.75. The summed E-state index contributed by atoms with van der Waals surface area (Å²) in [6, 6.07) is 16.9. The normalized spacial score (nSPS) is 10.3. The summed E-state index contributed by atoms with van der Waals surface area (Å²) < 4.78 is 1.00. The highest BCUT2D eigenvalue weighted by Gasteiger charge is 2.00. The van der Waals surface area contributed by atoms with Gasteiger partial charge >= 0.3 is 0 Å². The van der Waals surface area contributed by atoms with Crippen LogP contribution in [0.5, 0.6) is 0 Å². The summed E-state index contributed by atoms with van der Waals surface area (Å²) in [5.41, 5.74) is 2.24. The van der Waals surface area contributed by atoms with E-state index in [1.165, 1.54) is 0 Å². The summed E-state index contributed by atoms with van der Waals surface area (Å²) >= 11 is 3.35. The van der Waals surface area contributed by atoms with Crippen LogP contribution in [0.4, 0.5) is 0 Å². The van der Waals surface area contributed by atoms with Crippen LogP contribution in [0.2, 0.25) is 0 Å². The molecule has 0 fully saturated rings. The summed E-state index contributed by atoms with van der Waals surface area (Å²) in [5, 5.41) is 12.7. The average molecular weight is 314 g/mol. The molecule has 0 spiro atoms. The lowest BCUT2D eigenvalue weighted by atomic mass is 10.1. The van der Waals surface area contributed by atoms with Crippen LogP contribution < -0.4 is 0 Å². The Kier molecular flexibility index (Phi) is 4.71. The number of hydrogen-bond acceptors (Lipinski definition) is 3. The van der Waals surface area contributed by atoms with Crippen LogP contribution in [-0.4, -0.2) is 6.21 Å². The molecule has 0 aromatic heterocycles. The fourth-order valence-corrected chi connectivity index (χ4v) is 1.73. The Morgan fingerprint density at radius 2 is 1.84 bits per heavy atom. The maximum absolute atomic E-state index is 8.92. The summed E-state index contributed by atoms with van der Waals surface area (Å²) in [7, 11) is 0. The highest BCUT2D eigenvalue weighted by atomic mass is 79.9. The lowest BCUT2D eigenvalue weighted by Crippen LogP contribution is -1.92. The summed E-state index contributed by atoms with van der Waals surface area (Å²) in [4.78, 5) is 5.15. The molecule has 0 aliphatic carbocycles. The van der Waals surface area contributed by atoms with Gasteiger partial charge in [0.15, 0.2) is 0 Å². The van der Waals surface area contributed by atoms with Crippen molar-refractivity contribution < 1.29 is 4.84 Å². The van der Waals surface area contributed by atoms with E-state index < -0.39 is 0 Å². The van der Waals surface area contributed by atoms with Crippen molar-refractivity contribution >= 4 is 22.1 Å². The van der Waals surface area contributed by atoms with Gasteiger partial charge in [0.1, 0.15) is 12.8 Å². The Bertz CT molecular complexity index is 615. The second-order valence-corrected chi connectivity index (χ2v) is 4.67. The molecule has 0 atom stereocenters. The molecule has 3 nitrogen and oxygen atoms in total. The molecule has 0 saturated heterocycles. The molecule has 2 aromatic carbocycles.